The molecule has 4 nitrogen and oxygen atoms in total. The zero-order valence-corrected chi connectivity index (χ0v) is 11.8. The van der Waals surface area contributed by atoms with E-state index < -0.39 is 0 Å². The summed E-state index contributed by atoms with van der Waals surface area (Å²) in [5.41, 5.74) is 1.94. The van der Waals surface area contributed by atoms with Crippen LogP contribution in [0.3, 0.4) is 0 Å². The number of aryl methyl sites for hydroxylation is 2. The molecule has 0 aliphatic carbocycles. The van der Waals surface area contributed by atoms with Crippen LogP contribution in [0.1, 0.15) is 31.2 Å². The van der Waals surface area contributed by atoms with Gasteiger partial charge in [-0.05, 0) is 23.6 Å². The molecule has 0 spiro atoms. The van der Waals surface area contributed by atoms with Crippen molar-refractivity contribution >= 4 is 11.6 Å². The lowest BCUT2D eigenvalue weighted by Gasteiger charge is -2.09. The van der Waals surface area contributed by atoms with Crippen molar-refractivity contribution in [1.29, 1.82) is 0 Å². The van der Waals surface area contributed by atoms with E-state index in [0.29, 0.717) is 17.4 Å². The Labute approximate surface area is 113 Å². The van der Waals surface area contributed by atoms with E-state index in [4.69, 9.17) is 0 Å². The molecule has 0 unspecified atom stereocenters. The molecule has 2 aromatic rings. The number of imidazole rings is 1. The first kappa shape index (κ1) is 13.3. The third-order valence-electron chi connectivity index (χ3n) is 3.16. The van der Waals surface area contributed by atoms with Crippen molar-refractivity contribution in [3.05, 3.63) is 48.0 Å². The summed E-state index contributed by atoms with van der Waals surface area (Å²) in [6, 6.07) is 7.80. The fraction of sp³-hybridized carbons (Fsp3) is 0.333. The van der Waals surface area contributed by atoms with Crippen molar-refractivity contribution in [2.24, 2.45) is 19.1 Å². The Bertz CT molecular complexity index is 575. The molecule has 19 heavy (non-hydrogen) atoms. The number of nitrogens with zero attached hydrogens (tertiary/aromatic N) is 3. The van der Waals surface area contributed by atoms with E-state index in [0.717, 1.165) is 0 Å². The molecule has 1 aromatic heterocycles. The van der Waals surface area contributed by atoms with Crippen LogP contribution in [0.15, 0.2) is 41.7 Å². The second-order valence-electron chi connectivity index (χ2n) is 5.01. The maximum atomic E-state index is 12.1. The molecule has 2 rings (SSSR count). The number of rotatable bonds is 3. The van der Waals surface area contributed by atoms with Gasteiger partial charge in [-0.1, -0.05) is 26.0 Å². The number of hydrogen-bond donors (Lipinski definition) is 0. The molecule has 0 saturated carbocycles. The van der Waals surface area contributed by atoms with Crippen LogP contribution in [0.25, 0.3) is 0 Å². The van der Waals surface area contributed by atoms with Crippen LogP contribution in [0, 0.1) is 0 Å². The van der Waals surface area contributed by atoms with Gasteiger partial charge in [0.05, 0.1) is 25.7 Å². The van der Waals surface area contributed by atoms with Gasteiger partial charge in [0.1, 0.15) is 12.4 Å². The maximum absolute atomic E-state index is 12.1. The molecule has 0 aliphatic heterocycles. The predicted molar refractivity (Wildman–Crippen MR) is 73.3 cm³/mol. The fourth-order valence-electron chi connectivity index (χ4n) is 1.99. The van der Waals surface area contributed by atoms with Gasteiger partial charge in [0.2, 0.25) is 0 Å². The van der Waals surface area contributed by atoms with Gasteiger partial charge in [-0.2, -0.15) is 0 Å². The van der Waals surface area contributed by atoms with Gasteiger partial charge in [0, 0.05) is 0 Å². The van der Waals surface area contributed by atoms with Crippen LogP contribution in [0.4, 0.5) is 5.69 Å². The molecule has 100 valence electrons. The highest BCUT2D eigenvalue weighted by molar-refractivity contribution is 5.87. The SMILES string of the molecule is CC(C)c1ccc(N=C([O-])c2n(C)cc[n+]2C)cc1. The van der Waals surface area contributed by atoms with Gasteiger partial charge in [-0.15, -0.1) is 0 Å². The topological polar surface area (TPSA) is 44.2 Å². The number of benzene rings is 1. The molecule has 0 atom stereocenters. The van der Waals surface area contributed by atoms with Crippen LogP contribution in [0.5, 0.6) is 0 Å². The van der Waals surface area contributed by atoms with Gasteiger partial charge >= 0.3 is 0 Å². The van der Waals surface area contributed by atoms with Crippen molar-refractivity contribution < 1.29 is 9.67 Å². The van der Waals surface area contributed by atoms with E-state index in [2.05, 4.69) is 18.8 Å². The molecular formula is C15H19N3O. The lowest BCUT2D eigenvalue weighted by molar-refractivity contribution is -0.674. The molecular weight excluding hydrogens is 238 g/mol. The van der Waals surface area contributed by atoms with Crippen molar-refractivity contribution in [1.82, 2.24) is 4.57 Å². The quantitative estimate of drug-likeness (QED) is 0.466. The zero-order chi connectivity index (χ0) is 14.0. The lowest BCUT2D eigenvalue weighted by Crippen LogP contribution is -2.39. The van der Waals surface area contributed by atoms with Gasteiger partial charge in [-0.25, -0.2) is 9.13 Å². The van der Waals surface area contributed by atoms with E-state index in [1.165, 1.54) is 5.56 Å². The summed E-state index contributed by atoms with van der Waals surface area (Å²) in [5.74, 6) is 0.815. The van der Waals surface area contributed by atoms with Gasteiger partial charge in [0.15, 0.2) is 0 Å². The Morgan fingerprint density at radius 3 is 2.37 bits per heavy atom. The highest BCUT2D eigenvalue weighted by Crippen LogP contribution is 2.19. The van der Waals surface area contributed by atoms with Crippen LogP contribution in [0.2, 0.25) is 0 Å². The predicted octanol–water partition coefficient (Wildman–Crippen LogP) is 1.41. The molecule has 0 radical (unpaired) electrons. The molecule has 0 fully saturated rings. The van der Waals surface area contributed by atoms with Crippen molar-refractivity contribution in [2.45, 2.75) is 19.8 Å². The Kier molecular flexibility index (Phi) is 3.69. The lowest BCUT2D eigenvalue weighted by atomic mass is 10.0. The molecule has 0 N–H and O–H groups in total. The largest absolute Gasteiger partial charge is 0.853 e. The zero-order valence-electron chi connectivity index (χ0n) is 11.8. The Morgan fingerprint density at radius 1 is 1.26 bits per heavy atom. The van der Waals surface area contributed by atoms with E-state index in [1.807, 2.05) is 50.8 Å². The Balaban J connectivity index is 2.31. The highest BCUT2D eigenvalue weighted by atomic mass is 16.3. The number of aromatic nitrogens is 2. The maximum Gasteiger partial charge on any atom is 0.292 e. The minimum Gasteiger partial charge on any atom is -0.853 e. The number of aliphatic imine (C=N–C) groups is 1. The van der Waals surface area contributed by atoms with E-state index >= 15 is 0 Å². The minimum absolute atomic E-state index is 0.229. The van der Waals surface area contributed by atoms with Crippen LogP contribution in [-0.2, 0) is 14.1 Å². The Morgan fingerprint density at radius 2 is 1.89 bits per heavy atom. The smallest absolute Gasteiger partial charge is 0.292 e. The first-order valence-electron chi connectivity index (χ1n) is 6.36. The highest BCUT2D eigenvalue weighted by Gasteiger charge is 2.11. The van der Waals surface area contributed by atoms with Gasteiger partial charge in [0.25, 0.3) is 5.82 Å². The third kappa shape index (κ3) is 2.84. The van der Waals surface area contributed by atoms with Crippen molar-refractivity contribution in [2.75, 3.05) is 0 Å². The summed E-state index contributed by atoms with van der Waals surface area (Å²) in [5, 5.41) is 12.1. The van der Waals surface area contributed by atoms with Crippen molar-refractivity contribution in [3.63, 3.8) is 0 Å². The van der Waals surface area contributed by atoms with Gasteiger partial charge in [-0.3, -0.25) is 4.99 Å². The van der Waals surface area contributed by atoms with E-state index in [1.54, 1.807) is 9.13 Å². The van der Waals surface area contributed by atoms with Crippen LogP contribution < -0.4 is 9.67 Å². The summed E-state index contributed by atoms with van der Waals surface area (Å²) < 4.78 is 3.54. The molecule has 1 aromatic carbocycles. The second kappa shape index (κ2) is 5.26. The molecule has 1 heterocycles. The molecule has 0 amide bonds. The summed E-state index contributed by atoms with van der Waals surface area (Å²) >= 11 is 0. The standard InChI is InChI=1S/C15H19N3O/c1-11(2)12-5-7-13(8-6-12)16-14(19)15-17(3)9-10-18(15)4/h5-11H,1-4H3. The van der Waals surface area contributed by atoms with Gasteiger partial charge < -0.3 is 5.11 Å². The van der Waals surface area contributed by atoms with E-state index in [-0.39, 0.29) is 5.90 Å². The third-order valence-corrected chi connectivity index (χ3v) is 3.16. The first-order chi connectivity index (χ1) is 8.99. The van der Waals surface area contributed by atoms with Crippen LogP contribution in [-0.4, -0.2) is 10.5 Å². The molecule has 0 aliphatic rings. The van der Waals surface area contributed by atoms with Crippen LogP contribution >= 0.6 is 0 Å². The molecule has 0 saturated heterocycles. The summed E-state index contributed by atoms with van der Waals surface area (Å²) in [4.78, 5) is 4.14. The molecule has 0 bridgehead atoms. The summed E-state index contributed by atoms with van der Waals surface area (Å²) in [6.07, 6.45) is 3.68. The monoisotopic (exact) mass is 257 g/mol. The summed E-state index contributed by atoms with van der Waals surface area (Å²) in [6.45, 7) is 4.28. The average molecular weight is 257 g/mol. The minimum atomic E-state index is -0.229. The first-order valence-corrected chi connectivity index (χ1v) is 6.36. The molecule has 4 heteroatoms. The normalized spacial score (nSPS) is 12.2. The summed E-state index contributed by atoms with van der Waals surface area (Å²) in [7, 11) is 3.68. The van der Waals surface area contributed by atoms with E-state index in [9.17, 15) is 5.11 Å². The fourth-order valence-corrected chi connectivity index (χ4v) is 1.99. The number of hydrogen-bond acceptors (Lipinski definition) is 2. The second-order valence-corrected chi connectivity index (χ2v) is 5.01. The Hall–Kier alpha value is -2.10. The average Bonchev–Trinajstić information content (AvgIpc) is 2.69. The van der Waals surface area contributed by atoms with Crippen molar-refractivity contribution in [3.8, 4) is 0 Å².